The number of hydrogen-bond donors (Lipinski definition) is 2. The van der Waals surface area contributed by atoms with E-state index < -0.39 is 11.9 Å². The standard InChI is InChI=1S/C21H24N2O3/c22-11-10-15-6-8-16(9-7-15)12-20(24)23-13-18(19(14-23)21(25)26)17-4-2-1-3-5-17/h1-9,18-19H,10-14,22H2,(H,25,26)/t18-,19+/m1/s1. The maximum Gasteiger partial charge on any atom is 0.308 e. The van der Waals surface area contributed by atoms with Gasteiger partial charge in [-0.05, 0) is 29.7 Å². The fraction of sp³-hybridized carbons (Fsp3) is 0.333. The Balaban J connectivity index is 1.69. The third-order valence-corrected chi connectivity index (χ3v) is 5.03. The molecular weight excluding hydrogens is 328 g/mol. The second kappa shape index (κ2) is 8.15. The lowest BCUT2D eigenvalue weighted by molar-refractivity contribution is -0.141. The van der Waals surface area contributed by atoms with E-state index in [0.29, 0.717) is 13.1 Å². The number of aliphatic carboxylic acids is 1. The topological polar surface area (TPSA) is 83.6 Å². The minimum absolute atomic E-state index is 0.0266. The Kier molecular flexibility index (Phi) is 5.68. The van der Waals surface area contributed by atoms with Crippen LogP contribution < -0.4 is 5.73 Å². The van der Waals surface area contributed by atoms with Crippen molar-refractivity contribution in [2.24, 2.45) is 11.7 Å². The molecule has 3 rings (SSSR count). The van der Waals surface area contributed by atoms with Crippen LogP contribution in [0.1, 0.15) is 22.6 Å². The average Bonchev–Trinajstić information content (AvgIpc) is 3.10. The summed E-state index contributed by atoms with van der Waals surface area (Å²) in [5.74, 6) is -1.60. The van der Waals surface area contributed by atoms with Crippen LogP contribution in [0.2, 0.25) is 0 Å². The molecule has 5 nitrogen and oxygen atoms in total. The summed E-state index contributed by atoms with van der Waals surface area (Å²) >= 11 is 0. The zero-order valence-electron chi connectivity index (χ0n) is 14.7. The third kappa shape index (κ3) is 4.11. The molecule has 1 amide bonds. The quantitative estimate of drug-likeness (QED) is 0.833. The number of rotatable bonds is 6. The highest BCUT2D eigenvalue weighted by molar-refractivity contribution is 5.81. The van der Waals surface area contributed by atoms with E-state index in [9.17, 15) is 14.7 Å². The maximum atomic E-state index is 12.7. The molecule has 2 aromatic carbocycles. The molecule has 1 heterocycles. The van der Waals surface area contributed by atoms with Crippen LogP contribution in [0.5, 0.6) is 0 Å². The lowest BCUT2D eigenvalue weighted by Crippen LogP contribution is -2.31. The first-order chi connectivity index (χ1) is 12.6. The molecule has 0 spiro atoms. The van der Waals surface area contributed by atoms with Gasteiger partial charge in [0.15, 0.2) is 0 Å². The summed E-state index contributed by atoms with van der Waals surface area (Å²) in [4.78, 5) is 26.0. The minimum atomic E-state index is -0.847. The van der Waals surface area contributed by atoms with Crippen LogP contribution in [0.25, 0.3) is 0 Å². The van der Waals surface area contributed by atoms with Gasteiger partial charge in [-0.15, -0.1) is 0 Å². The van der Waals surface area contributed by atoms with Crippen LogP contribution in [0.4, 0.5) is 0 Å². The van der Waals surface area contributed by atoms with Crippen LogP contribution in [0, 0.1) is 5.92 Å². The highest BCUT2D eigenvalue weighted by atomic mass is 16.4. The van der Waals surface area contributed by atoms with Gasteiger partial charge in [0.05, 0.1) is 12.3 Å². The molecular formula is C21H24N2O3. The van der Waals surface area contributed by atoms with Gasteiger partial charge < -0.3 is 15.7 Å². The van der Waals surface area contributed by atoms with Crippen molar-refractivity contribution in [1.82, 2.24) is 4.90 Å². The molecule has 136 valence electrons. The third-order valence-electron chi connectivity index (χ3n) is 5.03. The zero-order chi connectivity index (χ0) is 18.5. The van der Waals surface area contributed by atoms with E-state index in [2.05, 4.69) is 0 Å². The summed E-state index contributed by atoms with van der Waals surface area (Å²) in [6, 6.07) is 17.5. The van der Waals surface area contributed by atoms with E-state index in [1.165, 1.54) is 0 Å². The highest BCUT2D eigenvalue weighted by Crippen LogP contribution is 2.33. The molecule has 5 heteroatoms. The number of nitrogens with two attached hydrogens (primary N) is 1. The van der Waals surface area contributed by atoms with Gasteiger partial charge in [0.2, 0.25) is 5.91 Å². The van der Waals surface area contributed by atoms with Gasteiger partial charge in [-0.2, -0.15) is 0 Å². The first kappa shape index (κ1) is 18.1. The second-order valence-corrected chi connectivity index (χ2v) is 6.79. The Bertz CT molecular complexity index is 759. The van der Waals surface area contributed by atoms with E-state index in [1.807, 2.05) is 54.6 Å². The van der Waals surface area contributed by atoms with Crippen molar-refractivity contribution in [2.45, 2.75) is 18.8 Å². The van der Waals surface area contributed by atoms with Crippen LogP contribution >= 0.6 is 0 Å². The largest absolute Gasteiger partial charge is 0.481 e. The summed E-state index contributed by atoms with van der Waals surface area (Å²) in [6.07, 6.45) is 1.11. The molecule has 0 bridgehead atoms. The summed E-state index contributed by atoms with van der Waals surface area (Å²) in [7, 11) is 0. The molecule has 1 fully saturated rings. The average molecular weight is 352 g/mol. The number of likely N-dealkylation sites (tertiary alicyclic amines) is 1. The van der Waals surface area contributed by atoms with Crippen molar-refractivity contribution >= 4 is 11.9 Å². The van der Waals surface area contributed by atoms with Crippen molar-refractivity contribution < 1.29 is 14.7 Å². The molecule has 0 aliphatic carbocycles. The van der Waals surface area contributed by atoms with Crippen molar-refractivity contribution in [3.8, 4) is 0 Å². The van der Waals surface area contributed by atoms with Crippen molar-refractivity contribution in [3.63, 3.8) is 0 Å². The number of benzene rings is 2. The predicted molar refractivity (Wildman–Crippen MR) is 99.8 cm³/mol. The van der Waals surface area contributed by atoms with E-state index >= 15 is 0 Å². The Morgan fingerprint density at radius 3 is 2.27 bits per heavy atom. The monoisotopic (exact) mass is 352 g/mol. The van der Waals surface area contributed by atoms with E-state index in [0.717, 1.165) is 23.1 Å². The number of carbonyl (C=O) groups is 2. The first-order valence-electron chi connectivity index (χ1n) is 8.92. The van der Waals surface area contributed by atoms with Crippen molar-refractivity contribution in [3.05, 3.63) is 71.3 Å². The zero-order valence-corrected chi connectivity index (χ0v) is 14.7. The lowest BCUT2D eigenvalue weighted by Gasteiger charge is -2.17. The minimum Gasteiger partial charge on any atom is -0.481 e. The fourth-order valence-corrected chi connectivity index (χ4v) is 3.57. The number of nitrogens with zero attached hydrogens (tertiary/aromatic N) is 1. The van der Waals surface area contributed by atoms with Crippen molar-refractivity contribution in [2.75, 3.05) is 19.6 Å². The maximum absolute atomic E-state index is 12.7. The van der Waals surface area contributed by atoms with Crippen LogP contribution in [0.3, 0.4) is 0 Å². The smallest absolute Gasteiger partial charge is 0.308 e. The molecule has 1 saturated heterocycles. The lowest BCUT2D eigenvalue weighted by atomic mass is 9.89. The highest BCUT2D eigenvalue weighted by Gasteiger charge is 2.40. The Morgan fingerprint density at radius 2 is 1.65 bits per heavy atom. The Hall–Kier alpha value is -2.66. The van der Waals surface area contributed by atoms with Gasteiger partial charge in [0.25, 0.3) is 0 Å². The molecule has 0 unspecified atom stereocenters. The summed E-state index contributed by atoms with van der Waals surface area (Å²) < 4.78 is 0. The predicted octanol–water partition coefficient (Wildman–Crippen LogP) is 2.06. The molecule has 1 aliphatic heterocycles. The van der Waals surface area contributed by atoms with E-state index in [4.69, 9.17) is 5.73 Å². The molecule has 0 aromatic heterocycles. The van der Waals surface area contributed by atoms with E-state index in [1.54, 1.807) is 4.90 Å². The van der Waals surface area contributed by atoms with Gasteiger partial charge in [-0.1, -0.05) is 54.6 Å². The van der Waals surface area contributed by atoms with E-state index in [-0.39, 0.29) is 24.8 Å². The Morgan fingerprint density at radius 1 is 1.00 bits per heavy atom. The summed E-state index contributed by atoms with van der Waals surface area (Å²) in [5.41, 5.74) is 8.61. The number of carboxylic acid groups (broad SMARTS) is 1. The summed E-state index contributed by atoms with van der Waals surface area (Å²) in [5, 5.41) is 9.57. The molecule has 3 N–H and O–H groups in total. The van der Waals surface area contributed by atoms with Gasteiger partial charge in [0.1, 0.15) is 0 Å². The molecule has 26 heavy (non-hydrogen) atoms. The normalized spacial score (nSPS) is 19.5. The SMILES string of the molecule is NCCc1ccc(CC(=O)N2C[C@H](C(=O)O)[C@@H](c3ccccc3)C2)cc1. The first-order valence-corrected chi connectivity index (χ1v) is 8.92. The molecule has 0 radical (unpaired) electrons. The Labute approximate surface area is 153 Å². The van der Waals surface area contributed by atoms with Crippen LogP contribution in [-0.2, 0) is 22.4 Å². The molecule has 0 saturated carbocycles. The van der Waals surface area contributed by atoms with Crippen LogP contribution in [-0.4, -0.2) is 41.5 Å². The number of amides is 1. The van der Waals surface area contributed by atoms with Gasteiger partial charge in [-0.25, -0.2) is 0 Å². The number of carboxylic acids is 1. The van der Waals surface area contributed by atoms with Gasteiger partial charge in [0, 0.05) is 19.0 Å². The molecule has 2 atom stereocenters. The van der Waals surface area contributed by atoms with Crippen molar-refractivity contribution in [1.29, 1.82) is 0 Å². The number of carbonyl (C=O) groups excluding carboxylic acids is 1. The second-order valence-electron chi connectivity index (χ2n) is 6.79. The van der Waals surface area contributed by atoms with Crippen LogP contribution in [0.15, 0.2) is 54.6 Å². The molecule has 2 aromatic rings. The summed E-state index contributed by atoms with van der Waals surface area (Å²) in [6.45, 7) is 1.31. The number of hydrogen-bond acceptors (Lipinski definition) is 3. The van der Waals surface area contributed by atoms with Gasteiger partial charge in [-0.3, -0.25) is 9.59 Å². The van der Waals surface area contributed by atoms with Gasteiger partial charge >= 0.3 is 5.97 Å². The molecule has 1 aliphatic rings. The fourth-order valence-electron chi connectivity index (χ4n) is 3.57.